The number of rotatable bonds is 1. The van der Waals surface area contributed by atoms with E-state index in [2.05, 4.69) is 11.1 Å². The van der Waals surface area contributed by atoms with Gasteiger partial charge in [0.25, 0.3) is 5.56 Å². The highest BCUT2D eigenvalue weighted by Crippen LogP contribution is 2.21. The van der Waals surface area contributed by atoms with Crippen LogP contribution < -0.4 is 5.56 Å². The van der Waals surface area contributed by atoms with E-state index in [1.54, 1.807) is 19.9 Å². The quantitative estimate of drug-likeness (QED) is 0.788. The van der Waals surface area contributed by atoms with Gasteiger partial charge in [0.2, 0.25) is 0 Å². The van der Waals surface area contributed by atoms with Crippen LogP contribution in [0, 0.1) is 11.3 Å². The van der Waals surface area contributed by atoms with Crippen LogP contribution in [-0.4, -0.2) is 4.98 Å². The van der Waals surface area contributed by atoms with Gasteiger partial charge in [-0.3, -0.25) is 4.79 Å². The Hall–Kier alpha value is -2.08. The average molecular weight is 212 g/mol. The molecule has 0 aliphatic rings. The second kappa shape index (κ2) is 3.49. The van der Waals surface area contributed by atoms with Crippen LogP contribution in [0.3, 0.4) is 0 Å². The first-order chi connectivity index (χ1) is 7.54. The first kappa shape index (κ1) is 10.4. The van der Waals surface area contributed by atoms with Crippen LogP contribution in [-0.2, 0) is 5.41 Å². The van der Waals surface area contributed by atoms with E-state index >= 15 is 0 Å². The molecule has 0 saturated heterocycles. The zero-order valence-corrected chi connectivity index (χ0v) is 9.24. The summed E-state index contributed by atoms with van der Waals surface area (Å²) in [7, 11) is 0. The summed E-state index contributed by atoms with van der Waals surface area (Å²) in [6.45, 7) is 3.48. The Morgan fingerprint density at radius 2 is 2.00 bits per heavy atom. The van der Waals surface area contributed by atoms with Gasteiger partial charge in [0.1, 0.15) is 0 Å². The van der Waals surface area contributed by atoms with E-state index < -0.39 is 5.41 Å². The van der Waals surface area contributed by atoms with E-state index in [4.69, 9.17) is 5.26 Å². The Morgan fingerprint density at radius 1 is 1.31 bits per heavy atom. The second-order valence-electron chi connectivity index (χ2n) is 4.34. The average Bonchev–Trinajstić information content (AvgIpc) is 2.28. The number of nitrogens with one attached hydrogen (secondary N) is 1. The molecule has 2 rings (SSSR count). The molecular weight excluding hydrogens is 200 g/mol. The predicted molar refractivity (Wildman–Crippen MR) is 63.2 cm³/mol. The molecule has 0 aliphatic carbocycles. The molecule has 1 aromatic heterocycles. The van der Waals surface area contributed by atoms with Crippen LogP contribution in [0.15, 0.2) is 35.1 Å². The number of aromatic amines is 1. The fourth-order valence-electron chi connectivity index (χ4n) is 1.67. The molecule has 0 atom stereocenters. The van der Waals surface area contributed by atoms with Crippen LogP contribution in [0.25, 0.3) is 10.9 Å². The molecule has 0 saturated carbocycles. The number of nitriles is 1. The third-order valence-corrected chi connectivity index (χ3v) is 2.71. The number of benzene rings is 1. The van der Waals surface area contributed by atoms with Gasteiger partial charge in [0.15, 0.2) is 0 Å². The van der Waals surface area contributed by atoms with Crippen molar-refractivity contribution < 1.29 is 0 Å². The van der Waals surface area contributed by atoms with Gasteiger partial charge in [0, 0.05) is 11.1 Å². The number of aromatic nitrogens is 1. The van der Waals surface area contributed by atoms with Crippen LogP contribution in [0.1, 0.15) is 19.4 Å². The molecule has 0 amide bonds. The van der Waals surface area contributed by atoms with E-state index in [1.165, 1.54) is 0 Å². The van der Waals surface area contributed by atoms with Crippen molar-refractivity contribution in [2.75, 3.05) is 0 Å². The zero-order valence-electron chi connectivity index (χ0n) is 9.24. The standard InChI is InChI=1S/C13H12N2O/c1-13(2,8-14)10-7-9-5-3-4-6-11(9)15-12(10)16/h3-7H,1-2H3,(H,15,16). The first-order valence-corrected chi connectivity index (χ1v) is 5.08. The van der Waals surface area contributed by atoms with Crippen LogP contribution in [0.4, 0.5) is 0 Å². The van der Waals surface area contributed by atoms with Crippen LogP contribution in [0.2, 0.25) is 0 Å². The number of H-pyrrole nitrogens is 1. The Morgan fingerprint density at radius 3 is 2.69 bits per heavy atom. The lowest BCUT2D eigenvalue weighted by molar-refractivity contribution is 0.677. The van der Waals surface area contributed by atoms with Gasteiger partial charge in [-0.1, -0.05) is 18.2 Å². The molecule has 0 unspecified atom stereocenters. The highest BCUT2D eigenvalue weighted by atomic mass is 16.1. The summed E-state index contributed by atoms with van der Waals surface area (Å²) >= 11 is 0. The van der Waals surface area contributed by atoms with Crippen molar-refractivity contribution in [3.63, 3.8) is 0 Å². The Labute approximate surface area is 93.3 Å². The number of para-hydroxylation sites is 1. The second-order valence-corrected chi connectivity index (χ2v) is 4.34. The summed E-state index contributed by atoms with van der Waals surface area (Å²) in [6.07, 6.45) is 0. The summed E-state index contributed by atoms with van der Waals surface area (Å²) in [6, 6.07) is 11.5. The third-order valence-electron chi connectivity index (χ3n) is 2.71. The van der Waals surface area contributed by atoms with Crippen LogP contribution in [0.5, 0.6) is 0 Å². The zero-order chi connectivity index (χ0) is 11.8. The first-order valence-electron chi connectivity index (χ1n) is 5.08. The predicted octanol–water partition coefficient (Wildman–Crippen LogP) is 2.33. The molecule has 0 aliphatic heterocycles. The Balaban J connectivity index is 2.79. The van der Waals surface area contributed by atoms with Crippen molar-refractivity contribution in [1.29, 1.82) is 5.26 Å². The summed E-state index contributed by atoms with van der Waals surface area (Å²) in [5.74, 6) is 0. The highest BCUT2D eigenvalue weighted by molar-refractivity contribution is 5.79. The lowest BCUT2D eigenvalue weighted by Crippen LogP contribution is -2.25. The minimum atomic E-state index is -0.766. The molecule has 0 fully saturated rings. The van der Waals surface area contributed by atoms with E-state index in [0.717, 1.165) is 10.9 Å². The molecule has 3 heteroatoms. The molecule has 1 N–H and O–H groups in total. The minimum absolute atomic E-state index is 0.190. The summed E-state index contributed by atoms with van der Waals surface area (Å²) in [5, 5.41) is 9.99. The van der Waals surface area contributed by atoms with E-state index in [1.807, 2.05) is 24.3 Å². The molecule has 16 heavy (non-hydrogen) atoms. The molecule has 1 heterocycles. The van der Waals surface area contributed by atoms with Gasteiger partial charge < -0.3 is 4.98 Å². The highest BCUT2D eigenvalue weighted by Gasteiger charge is 2.23. The largest absolute Gasteiger partial charge is 0.322 e. The van der Waals surface area contributed by atoms with Crippen molar-refractivity contribution in [3.05, 3.63) is 46.2 Å². The van der Waals surface area contributed by atoms with Crippen LogP contribution >= 0.6 is 0 Å². The van der Waals surface area contributed by atoms with Gasteiger partial charge in [-0.2, -0.15) is 5.26 Å². The smallest absolute Gasteiger partial charge is 0.253 e. The van der Waals surface area contributed by atoms with Crippen molar-refractivity contribution in [2.24, 2.45) is 0 Å². The lowest BCUT2D eigenvalue weighted by Gasteiger charge is -2.14. The summed E-state index contributed by atoms with van der Waals surface area (Å²) < 4.78 is 0. The maximum atomic E-state index is 11.8. The van der Waals surface area contributed by atoms with Crippen molar-refractivity contribution in [2.45, 2.75) is 19.3 Å². The van der Waals surface area contributed by atoms with Crippen molar-refractivity contribution in [3.8, 4) is 6.07 Å². The SMILES string of the molecule is CC(C)(C#N)c1cc2ccccc2[nH]c1=O. The number of nitrogens with zero attached hydrogens (tertiary/aromatic N) is 1. The molecule has 0 radical (unpaired) electrons. The molecule has 2 aromatic rings. The molecular formula is C13H12N2O. The van der Waals surface area contributed by atoms with Gasteiger partial charge >= 0.3 is 0 Å². The van der Waals surface area contributed by atoms with Gasteiger partial charge in [-0.25, -0.2) is 0 Å². The lowest BCUT2D eigenvalue weighted by atomic mass is 9.86. The fourth-order valence-corrected chi connectivity index (χ4v) is 1.67. The number of hydrogen-bond acceptors (Lipinski definition) is 2. The van der Waals surface area contributed by atoms with E-state index in [0.29, 0.717) is 5.56 Å². The third kappa shape index (κ3) is 1.59. The monoisotopic (exact) mass is 212 g/mol. The van der Waals surface area contributed by atoms with Gasteiger partial charge in [-0.05, 0) is 31.4 Å². The maximum absolute atomic E-state index is 11.8. The molecule has 1 aromatic carbocycles. The molecule has 80 valence electrons. The fraction of sp³-hybridized carbons (Fsp3) is 0.231. The number of hydrogen-bond donors (Lipinski definition) is 1. The molecule has 3 nitrogen and oxygen atoms in total. The molecule has 0 bridgehead atoms. The Bertz CT molecular complexity index is 632. The van der Waals surface area contributed by atoms with Crippen molar-refractivity contribution >= 4 is 10.9 Å². The normalized spacial score (nSPS) is 11.3. The topological polar surface area (TPSA) is 56.6 Å². The summed E-state index contributed by atoms with van der Waals surface area (Å²) in [5.41, 5.74) is 0.349. The van der Waals surface area contributed by atoms with Crippen molar-refractivity contribution in [1.82, 2.24) is 4.98 Å². The van der Waals surface area contributed by atoms with Gasteiger partial charge in [0.05, 0.1) is 11.5 Å². The van der Waals surface area contributed by atoms with Gasteiger partial charge in [-0.15, -0.1) is 0 Å². The Kier molecular flexibility index (Phi) is 2.28. The molecule has 0 spiro atoms. The maximum Gasteiger partial charge on any atom is 0.253 e. The minimum Gasteiger partial charge on any atom is -0.322 e. The van der Waals surface area contributed by atoms with E-state index in [-0.39, 0.29) is 5.56 Å². The van der Waals surface area contributed by atoms with E-state index in [9.17, 15) is 4.79 Å². The summed E-state index contributed by atoms with van der Waals surface area (Å²) in [4.78, 5) is 14.6. The number of pyridine rings is 1. The number of fused-ring (bicyclic) bond motifs is 1.